The van der Waals surface area contributed by atoms with E-state index in [2.05, 4.69) is 24.1 Å². The Morgan fingerprint density at radius 2 is 2.00 bits per heavy atom. The molecule has 0 radical (unpaired) electrons. The fourth-order valence-corrected chi connectivity index (χ4v) is 4.05. The molecule has 0 aromatic rings. The van der Waals surface area contributed by atoms with Crippen LogP contribution in [0.2, 0.25) is 0 Å². The molecule has 1 saturated heterocycles. The van der Waals surface area contributed by atoms with Crippen LogP contribution in [0.1, 0.15) is 58.8 Å². The van der Waals surface area contributed by atoms with Crippen LogP contribution in [0, 0.1) is 5.41 Å². The summed E-state index contributed by atoms with van der Waals surface area (Å²) in [6, 6.07) is 0. The number of piperidine rings is 1. The van der Waals surface area contributed by atoms with E-state index in [4.69, 9.17) is 4.74 Å². The molecule has 0 bridgehead atoms. The standard InChI is InChI=1S/C17H34N2O/c1-3-11-18-14-17(9-5-6-10-17)15-19-12-7-8-16(13-19)20-4-2/h16,18H,3-15H2,1-2H3. The first-order valence-corrected chi connectivity index (χ1v) is 8.83. The lowest BCUT2D eigenvalue weighted by Gasteiger charge is -2.39. The molecule has 1 aliphatic heterocycles. The zero-order valence-electron chi connectivity index (χ0n) is 13.6. The molecule has 20 heavy (non-hydrogen) atoms. The summed E-state index contributed by atoms with van der Waals surface area (Å²) in [4.78, 5) is 2.68. The van der Waals surface area contributed by atoms with Gasteiger partial charge in [0.15, 0.2) is 0 Å². The minimum atomic E-state index is 0.482. The van der Waals surface area contributed by atoms with Gasteiger partial charge < -0.3 is 15.0 Å². The molecule has 3 nitrogen and oxygen atoms in total. The highest BCUT2D eigenvalue weighted by molar-refractivity contribution is 4.90. The molecule has 0 spiro atoms. The van der Waals surface area contributed by atoms with Gasteiger partial charge in [-0.1, -0.05) is 19.8 Å². The minimum absolute atomic E-state index is 0.482. The van der Waals surface area contributed by atoms with Gasteiger partial charge in [0, 0.05) is 26.2 Å². The smallest absolute Gasteiger partial charge is 0.0702 e. The Morgan fingerprint density at radius 1 is 1.20 bits per heavy atom. The first-order valence-electron chi connectivity index (χ1n) is 8.83. The molecule has 2 fully saturated rings. The van der Waals surface area contributed by atoms with Crippen LogP contribution in [0.25, 0.3) is 0 Å². The number of nitrogens with one attached hydrogen (secondary N) is 1. The second-order valence-electron chi connectivity index (χ2n) is 6.84. The van der Waals surface area contributed by atoms with Crippen LogP contribution in [0.5, 0.6) is 0 Å². The molecule has 0 aromatic carbocycles. The Morgan fingerprint density at radius 3 is 2.70 bits per heavy atom. The summed E-state index contributed by atoms with van der Waals surface area (Å²) in [7, 11) is 0. The lowest BCUT2D eigenvalue weighted by molar-refractivity contribution is -0.00638. The van der Waals surface area contributed by atoms with E-state index in [-0.39, 0.29) is 0 Å². The number of ether oxygens (including phenoxy) is 1. The first-order chi connectivity index (χ1) is 9.78. The normalized spacial score (nSPS) is 27.0. The average Bonchev–Trinajstić information content (AvgIpc) is 2.89. The van der Waals surface area contributed by atoms with E-state index in [1.54, 1.807) is 0 Å². The highest BCUT2D eigenvalue weighted by Gasteiger charge is 2.36. The Balaban J connectivity index is 1.83. The van der Waals surface area contributed by atoms with Gasteiger partial charge >= 0.3 is 0 Å². The fourth-order valence-electron chi connectivity index (χ4n) is 4.05. The summed E-state index contributed by atoms with van der Waals surface area (Å²) in [5.74, 6) is 0. The number of nitrogens with zero attached hydrogens (tertiary/aromatic N) is 1. The Bertz CT molecular complexity index is 262. The lowest BCUT2D eigenvalue weighted by Crippen LogP contribution is -2.48. The Labute approximate surface area is 125 Å². The van der Waals surface area contributed by atoms with Crippen molar-refractivity contribution in [3.8, 4) is 0 Å². The van der Waals surface area contributed by atoms with Crippen molar-refractivity contribution in [3.63, 3.8) is 0 Å². The van der Waals surface area contributed by atoms with E-state index in [1.165, 1.54) is 71.1 Å². The van der Waals surface area contributed by atoms with Crippen LogP contribution in [0.15, 0.2) is 0 Å². The molecule has 0 aromatic heterocycles. The van der Waals surface area contributed by atoms with Gasteiger partial charge in [-0.05, 0) is 57.5 Å². The monoisotopic (exact) mass is 282 g/mol. The molecular weight excluding hydrogens is 248 g/mol. The van der Waals surface area contributed by atoms with Gasteiger partial charge in [-0.25, -0.2) is 0 Å². The van der Waals surface area contributed by atoms with Gasteiger partial charge in [-0.2, -0.15) is 0 Å². The van der Waals surface area contributed by atoms with Gasteiger partial charge in [0.2, 0.25) is 0 Å². The molecular formula is C17H34N2O. The zero-order valence-corrected chi connectivity index (χ0v) is 13.6. The van der Waals surface area contributed by atoms with Crippen LogP contribution in [0.3, 0.4) is 0 Å². The third-order valence-corrected chi connectivity index (χ3v) is 5.01. The van der Waals surface area contributed by atoms with Crippen LogP contribution < -0.4 is 5.32 Å². The molecule has 1 heterocycles. The summed E-state index contributed by atoms with van der Waals surface area (Å²) in [6.45, 7) is 11.3. The first kappa shape index (κ1) is 16.3. The van der Waals surface area contributed by atoms with E-state index in [0.29, 0.717) is 11.5 Å². The van der Waals surface area contributed by atoms with Gasteiger partial charge in [-0.15, -0.1) is 0 Å². The average molecular weight is 282 g/mol. The van der Waals surface area contributed by atoms with Crippen molar-refractivity contribution in [2.75, 3.05) is 39.3 Å². The van der Waals surface area contributed by atoms with E-state index in [9.17, 15) is 0 Å². The summed E-state index contributed by atoms with van der Waals surface area (Å²) in [5, 5.41) is 3.69. The number of likely N-dealkylation sites (tertiary alicyclic amines) is 1. The van der Waals surface area contributed by atoms with Crippen molar-refractivity contribution in [1.82, 2.24) is 10.2 Å². The van der Waals surface area contributed by atoms with Crippen molar-refractivity contribution in [2.24, 2.45) is 5.41 Å². The second-order valence-corrected chi connectivity index (χ2v) is 6.84. The van der Waals surface area contributed by atoms with E-state index < -0.39 is 0 Å². The summed E-state index contributed by atoms with van der Waals surface area (Å²) < 4.78 is 5.85. The highest BCUT2D eigenvalue weighted by Crippen LogP contribution is 2.38. The molecule has 1 unspecified atom stereocenters. The van der Waals surface area contributed by atoms with Crippen LogP contribution in [-0.4, -0.2) is 50.3 Å². The fraction of sp³-hybridized carbons (Fsp3) is 1.00. The largest absolute Gasteiger partial charge is 0.377 e. The van der Waals surface area contributed by atoms with Gasteiger partial charge in [0.1, 0.15) is 0 Å². The topological polar surface area (TPSA) is 24.5 Å². The predicted molar refractivity (Wildman–Crippen MR) is 85.1 cm³/mol. The van der Waals surface area contributed by atoms with Crippen molar-refractivity contribution in [2.45, 2.75) is 64.9 Å². The van der Waals surface area contributed by atoms with Gasteiger partial charge in [0.25, 0.3) is 0 Å². The number of hydrogen-bond acceptors (Lipinski definition) is 3. The van der Waals surface area contributed by atoms with Crippen LogP contribution in [-0.2, 0) is 4.74 Å². The lowest BCUT2D eigenvalue weighted by atomic mass is 9.84. The maximum Gasteiger partial charge on any atom is 0.0702 e. The maximum absolute atomic E-state index is 5.85. The Kier molecular flexibility index (Phi) is 6.79. The Hall–Kier alpha value is -0.120. The minimum Gasteiger partial charge on any atom is -0.377 e. The zero-order chi connectivity index (χ0) is 14.3. The third-order valence-electron chi connectivity index (χ3n) is 5.01. The highest BCUT2D eigenvalue weighted by atomic mass is 16.5. The number of rotatable bonds is 8. The molecule has 118 valence electrons. The predicted octanol–water partition coefficient (Wildman–Crippen LogP) is 3.05. The molecule has 1 N–H and O–H groups in total. The third kappa shape index (κ3) is 4.71. The summed E-state index contributed by atoms with van der Waals surface area (Å²) in [6.07, 6.45) is 9.98. The van der Waals surface area contributed by atoms with E-state index in [0.717, 1.165) is 13.2 Å². The molecule has 2 aliphatic rings. The van der Waals surface area contributed by atoms with E-state index >= 15 is 0 Å². The molecule has 0 amide bonds. The quantitative estimate of drug-likeness (QED) is 0.693. The maximum atomic E-state index is 5.85. The molecule has 2 rings (SSSR count). The molecule has 3 heteroatoms. The summed E-state index contributed by atoms with van der Waals surface area (Å²) >= 11 is 0. The number of hydrogen-bond donors (Lipinski definition) is 1. The second kappa shape index (κ2) is 8.35. The summed E-state index contributed by atoms with van der Waals surface area (Å²) in [5.41, 5.74) is 0.545. The van der Waals surface area contributed by atoms with Crippen molar-refractivity contribution in [1.29, 1.82) is 0 Å². The van der Waals surface area contributed by atoms with Crippen molar-refractivity contribution in [3.05, 3.63) is 0 Å². The van der Waals surface area contributed by atoms with Crippen molar-refractivity contribution >= 4 is 0 Å². The van der Waals surface area contributed by atoms with Crippen molar-refractivity contribution < 1.29 is 4.74 Å². The van der Waals surface area contributed by atoms with E-state index in [1.807, 2.05) is 0 Å². The molecule has 1 aliphatic carbocycles. The van der Waals surface area contributed by atoms with Gasteiger partial charge in [-0.3, -0.25) is 0 Å². The molecule has 1 atom stereocenters. The molecule has 1 saturated carbocycles. The SMILES string of the molecule is CCCNCC1(CN2CCCC(OCC)C2)CCCC1. The van der Waals surface area contributed by atoms with Crippen LogP contribution in [0.4, 0.5) is 0 Å². The van der Waals surface area contributed by atoms with Gasteiger partial charge in [0.05, 0.1) is 6.10 Å². The van der Waals surface area contributed by atoms with Crippen LogP contribution >= 0.6 is 0 Å².